The van der Waals surface area contributed by atoms with Gasteiger partial charge in [-0.15, -0.1) is 11.3 Å². The van der Waals surface area contributed by atoms with E-state index in [1.165, 1.54) is 29.7 Å². The molecule has 0 bridgehead atoms. The fraction of sp³-hybridized carbons (Fsp3) is 0. The number of furan rings is 1. The van der Waals surface area contributed by atoms with Crippen LogP contribution < -0.4 is 5.43 Å². The number of aromatic carboxylic acids is 1. The van der Waals surface area contributed by atoms with Crippen LogP contribution in [0.1, 0.15) is 25.8 Å². The second-order valence-corrected chi connectivity index (χ2v) is 6.23. The number of nitrogens with zero attached hydrogens (tertiary/aromatic N) is 1. The summed E-state index contributed by atoms with van der Waals surface area (Å²) >= 11 is 7.17. The van der Waals surface area contributed by atoms with Gasteiger partial charge in [-0.1, -0.05) is 17.7 Å². The first kappa shape index (κ1) is 16.9. The number of thiophene rings is 1. The minimum Gasteiger partial charge on any atom is -0.478 e. The van der Waals surface area contributed by atoms with Crippen molar-refractivity contribution in [3.63, 3.8) is 0 Å². The molecule has 8 heteroatoms. The van der Waals surface area contributed by atoms with E-state index < -0.39 is 5.97 Å². The zero-order valence-corrected chi connectivity index (χ0v) is 14.2. The highest BCUT2D eigenvalue weighted by Gasteiger charge is 2.12. The van der Waals surface area contributed by atoms with Crippen molar-refractivity contribution >= 4 is 41.0 Å². The summed E-state index contributed by atoms with van der Waals surface area (Å²) in [5, 5.41) is 14.9. The topological polar surface area (TPSA) is 91.9 Å². The highest BCUT2D eigenvalue weighted by molar-refractivity contribution is 7.12. The number of benzene rings is 1. The number of carboxylic acids is 1. The lowest BCUT2D eigenvalue weighted by Crippen LogP contribution is -2.15. The predicted molar refractivity (Wildman–Crippen MR) is 95.5 cm³/mol. The zero-order chi connectivity index (χ0) is 17.8. The number of carbonyl (C=O) groups is 2. The van der Waals surface area contributed by atoms with Crippen LogP contribution in [-0.4, -0.2) is 23.2 Å². The van der Waals surface area contributed by atoms with Gasteiger partial charge in [0, 0.05) is 5.56 Å². The van der Waals surface area contributed by atoms with Gasteiger partial charge in [-0.3, -0.25) is 4.79 Å². The standard InChI is InChI=1S/C17H11ClN2O4S/c18-13-5-3-10(8-12(13)17(22)23)14-6-4-11(24-14)9-19-20-16(21)15-2-1-7-25-15/h1-9H,(H,20,21)(H,22,23)/b19-9-. The largest absolute Gasteiger partial charge is 0.478 e. The Kier molecular flexibility index (Phi) is 4.97. The van der Waals surface area contributed by atoms with Gasteiger partial charge in [0.25, 0.3) is 5.91 Å². The fourth-order valence-electron chi connectivity index (χ4n) is 2.04. The van der Waals surface area contributed by atoms with Gasteiger partial charge in [-0.2, -0.15) is 5.10 Å². The molecule has 0 aliphatic heterocycles. The summed E-state index contributed by atoms with van der Waals surface area (Å²) in [6.45, 7) is 0. The molecule has 25 heavy (non-hydrogen) atoms. The minimum atomic E-state index is -1.11. The summed E-state index contributed by atoms with van der Waals surface area (Å²) in [6, 6.07) is 11.4. The molecule has 1 aromatic carbocycles. The van der Waals surface area contributed by atoms with E-state index >= 15 is 0 Å². The molecule has 2 aromatic heterocycles. The molecule has 0 atom stereocenters. The van der Waals surface area contributed by atoms with Gasteiger partial charge < -0.3 is 9.52 Å². The molecule has 0 saturated carbocycles. The van der Waals surface area contributed by atoms with Crippen molar-refractivity contribution < 1.29 is 19.1 Å². The molecule has 3 aromatic rings. The first-order chi connectivity index (χ1) is 12.0. The SMILES string of the molecule is O=C(N/N=C\c1ccc(-c2ccc(Cl)c(C(=O)O)c2)o1)c1cccs1. The Bertz CT molecular complexity index is 947. The van der Waals surface area contributed by atoms with Gasteiger partial charge in [0.15, 0.2) is 0 Å². The van der Waals surface area contributed by atoms with Crippen LogP contribution in [0, 0.1) is 0 Å². The lowest BCUT2D eigenvalue weighted by atomic mass is 10.1. The highest BCUT2D eigenvalue weighted by atomic mass is 35.5. The first-order valence-electron chi connectivity index (χ1n) is 7.04. The number of amides is 1. The van der Waals surface area contributed by atoms with Gasteiger partial charge in [-0.25, -0.2) is 10.2 Å². The van der Waals surface area contributed by atoms with Crippen LogP contribution in [0.15, 0.2) is 57.4 Å². The van der Waals surface area contributed by atoms with Crippen LogP contribution in [0.25, 0.3) is 11.3 Å². The maximum atomic E-state index is 11.7. The van der Waals surface area contributed by atoms with Crippen LogP contribution in [0.5, 0.6) is 0 Å². The van der Waals surface area contributed by atoms with Crippen LogP contribution in [0.2, 0.25) is 5.02 Å². The number of halogens is 1. The Morgan fingerprint density at radius 3 is 2.80 bits per heavy atom. The molecular formula is C17H11ClN2O4S. The van der Waals surface area contributed by atoms with Crippen molar-refractivity contribution in [1.82, 2.24) is 5.43 Å². The van der Waals surface area contributed by atoms with Crippen molar-refractivity contribution in [1.29, 1.82) is 0 Å². The van der Waals surface area contributed by atoms with Gasteiger partial charge in [0.1, 0.15) is 11.5 Å². The third-order valence-corrected chi connectivity index (χ3v) is 4.41. The van der Waals surface area contributed by atoms with E-state index in [0.717, 1.165) is 0 Å². The average Bonchev–Trinajstić information content (AvgIpc) is 3.27. The fourth-order valence-corrected chi connectivity index (χ4v) is 2.85. The zero-order valence-electron chi connectivity index (χ0n) is 12.6. The molecule has 0 aliphatic rings. The number of rotatable bonds is 5. The molecule has 126 valence electrons. The monoisotopic (exact) mass is 374 g/mol. The molecule has 1 amide bonds. The number of carbonyl (C=O) groups excluding carboxylic acids is 1. The van der Waals surface area contributed by atoms with Gasteiger partial charge in [-0.05, 0) is 41.8 Å². The van der Waals surface area contributed by atoms with Crippen molar-refractivity contribution in [3.8, 4) is 11.3 Å². The predicted octanol–water partition coefficient (Wildman–Crippen LogP) is 4.12. The number of carboxylic acid groups (broad SMARTS) is 1. The van der Waals surface area contributed by atoms with Crippen molar-refractivity contribution in [2.45, 2.75) is 0 Å². The summed E-state index contributed by atoms with van der Waals surface area (Å²) in [4.78, 5) is 23.4. The van der Waals surface area contributed by atoms with Gasteiger partial charge >= 0.3 is 5.97 Å². The maximum absolute atomic E-state index is 11.7. The molecule has 0 saturated heterocycles. The normalized spacial score (nSPS) is 10.9. The summed E-state index contributed by atoms with van der Waals surface area (Å²) < 4.78 is 5.58. The molecule has 0 radical (unpaired) electrons. The quantitative estimate of drug-likeness (QED) is 0.519. The number of hydrogen-bond donors (Lipinski definition) is 2. The Labute approximate surface area is 151 Å². The number of hydrogen-bond acceptors (Lipinski definition) is 5. The summed E-state index contributed by atoms with van der Waals surface area (Å²) in [5.74, 6) is -0.545. The summed E-state index contributed by atoms with van der Waals surface area (Å²) in [6.07, 6.45) is 1.36. The second-order valence-electron chi connectivity index (χ2n) is 4.88. The molecule has 0 aliphatic carbocycles. The van der Waals surface area contributed by atoms with Crippen molar-refractivity contribution in [3.05, 3.63) is 69.1 Å². The summed E-state index contributed by atoms with van der Waals surface area (Å²) in [5.41, 5.74) is 2.97. The molecular weight excluding hydrogens is 364 g/mol. The lowest BCUT2D eigenvalue weighted by Gasteiger charge is -2.01. The van der Waals surface area contributed by atoms with Crippen LogP contribution in [0.3, 0.4) is 0 Å². The van der Waals surface area contributed by atoms with Crippen molar-refractivity contribution in [2.24, 2.45) is 5.10 Å². The van der Waals surface area contributed by atoms with Gasteiger partial charge in [0.2, 0.25) is 0 Å². The van der Waals surface area contributed by atoms with E-state index in [4.69, 9.17) is 21.1 Å². The van der Waals surface area contributed by atoms with Crippen LogP contribution in [-0.2, 0) is 0 Å². The Hall–Kier alpha value is -2.90. The highest BCUT2D eigenvalue weighted by Crippen LogP contribution is 2.26. The average molecular weight is 375 g/mol. The van der Waals surface area contributed by atoms with E-state index in [-0.39, 0.29) is 16.5 Å². The Balaban J connectivity index is 1.72. The smallest absolute Gasteiger partial charge is 0.337 e. The van der Waals surface area contributed by atoms with Crippen LogP contribution in [0.4, 0.5) is 0 Å². The minimum absolute atomic E-state index is 0.00556. The third-order valence-electron chi connectivity index (χ3n) is 3.21. The Morgan fingerprint density at radius 1 is 1.24 bits per heavy atom. The van der Waals surface area contributed by atoms with E-state index in [0.29, 0.717) is 22.0 Å². The lowest BCUT2D eigenvalue weighted by molar-refractivity contribution is 0.0697. The van der Waals surface area contributed by atoms with E-state index in [2.05, 4.69) is 10.5 Å². The second kappa shape index (κ2) is 7.33. The molecule has 0 fully saturated rings. The number of nitrogens with one attached hydrogen (secondary N) is 1. The molecule has 6 nitrogen and oxygen atoms in total. The third kappa shape index (κ3) is 3.96. The first-order valence-corrected chi connectivity index (χ1v) is 8.30. The van der Waals surface area contributed by atoms with E-state index in [9.17, 15) is 9.59 Å². The molecule has 3 rings (SSSR count). The van der Waals surface area contributed by atoms with Gasteiger partial charge in [0.05, 0.1) is 21.7 Å². The van der Waals surface area contributed by atoms with E-state index in [1.54, 1.807) is 35.7 Å². The van der Waals surface area contributed by atoms with E-state index in [1.807, 2.05) is 0 Å². The molecule has 0 unspecified atom stereocenters. The molecule has 2 N–H and O–H groups in total. The maximum Gasteiger partial charge on any atom is 0.337 e. The Morgan fingerprint density at radius 2 is 2.08 bits per heavy atom. The van der Waals surface area contributed by atoms with Crippen LogP contribution >= 0.6 is 22.9 Å². The van der Waals surface area contributed by atoms with Crippen molar-refractivity contribution in [2.75, 3.05) is 0 Å². The number of hydrazone groups is 1. The summed E-state index contributed by atoms with van der Waals surface area (Å²) in [7, 11) is 0. The molecule has 2 heterocycles. The molecule has 0 spiro atoms.